The third-order valence-electron chi connectivity index (χ3n) is 5.32. The summed E-state index contributed by atoms with van der Waals surface area (Å²) in [7, 11) is 0. The zero-order valence-corrected chi connectivity index (χ0v) is 16.6. The lowest BCUT2D eigenvalue weighted by Gasteiger charge is -2.16. The summed E-state index contributed by atoms with van der Waals surface area (Å²) >= 11 is 6.07. The Morgan fingerprint density at radius 1 is 1.21 bits per heavy atom. The molecule has 2 heterocycles. The normalized spacial score (nSPS) is 16.5. The fourth-order valence-corrected chi connectivity index (χ4v) is 3.77. The van der Waals surface area contributed by atoms with Crippen LogP contribution >= 0.6 is 11.6 Å². The van der Waals surface area contributed by atoms with E-state index in [1.807, 2.05) is 65.2 Å². The van der Waals surface area contributed by atoms with Crippen LogP contribution in [0.3, 0.4) is 0 Å². The predicted molar refractivity (Wildman–Crippen MR) is 110 cm³/mol. The first-order valence-electron chi connectivity index (χ1n) is 9.60. The summed E-state index contributed by atoms with van der Waals surface area (Å²) in [4.78, 5) is 14.6. The standard InChI is InChI=1S/C22H23ClN4O/c1-16-13-17(7-9-20(16)23)8-10-22(28)26-12-11-19(14-26)27-15-21(24-25-27)18-5-3-2-4-6-18/h2-7,9,13,15,19H,8,10-12,14H2,1H3. The number of hydrogen-bond acceptors (Lipinski definition) is 3. The van der Waals surface area contributed by atoms with Gasteiger partial charge in [0, 0.05) is 30.1 Å². The van der Waals surface area contributed by atoms with E-state index in [4.69, 9.17) is 11.6 Å². The number of aromatic nitrogens is 3. The molecule has 1 fully saturated rings. The van der Waals surface area contributed by atoms with E-state index in [9.17, 15) is 4.79 Å². The van der Waals surface area contributed by atoms with Crippen molar-refractivity contribution in [3.63, 3.8) is 0 Å². The van der Waals surface area contributed by atoms with Gasteiger partial charge in [0.15, 0.2) is 0 Å². The highest BCUT2D eigenvalue weighted by atomic mass is 35.5. The Balaban J connectivity index is 1.34. The third-order valence-corrected chi connectivity index (χ3v) is 5.74. The number of rotatable bonds is 5. The Bertz CT molecular complexity index is 970. The van der Waals surface area contributed by atoms with Crippen LogP contribution < -0.4 is 0 Å². The smallest absolute Gasteiger partial charge is 0.222 e. The second kappa shape index (κ2) is 8.15. The van der Waals surface area contributed by atoms with Gasteiger partial charge in [-0.1, -0.05) is 59.3 Å². The number of amides is 1. The van der Waals surface area contributed by atoms with Crippen LogP contribution in [0.15, 0.2) is 54.7 Å². The van der Waals surface area contributed by atoms with Crippen LogP contribution in [0.5, 0.6) is 0 Å². The van der Waals surface area contributed by atoms with Crippen LogP contribution in [0.2, 0.25) is 5.02 Å². The molecular weight excluding hydrogens is 372 g/mol. The van der Waals surface area contributed by atoms with E-state index in [0.717, 1.165) is 46.8 Å². The van der Waals surface area contributed by atoms with Gasteiger partial charge in [-0.15, -0.1) is 5.10 Å². The maximum absolute atomic E-state index is 12.6. The molecule has 0 radical (unpaired) electrons. The second-order valence-electron chi connectivity index (χ2n) is 7.32. The highest BCUT2D eigenvalue weighted by Gasteiger charge is 2.28. The van der Waals surface area contributed by atoms with Crippen molar-refractivity contribution in [2.45, 2.75) is 32.2 Å². The molecular formula is C22H23ClN4O. The maximum atomic E-state index is 12.6. The molecule has 1 aromatic heterocycles. The minimum Gasteiger partial charge on any atom is -0.340 e. The number of aryl methyl sites for hydroxylation is 2. The van der Waals surface area contributed by atoms with Gasteiger partial charge in [-0.05, 0) is 37.0 Å². The van der Waals surface area contributed by atoms with Crippen molar-refractivity contribution in [3.8, 4) is 11.3 Å². The van der Waals surface area contributed by atoms with Crippen molar-refractivity contribution in [3.05, 3.63) is 70.9 Å². The number of halogens is 1. The quantitative estimate of drug-likeness (QED) is 0.647. The topological polar surface area (TPSA) is 51.0 Å². The fourth-order valence-electron chi connectivity index (χ4n) is 3.65. The van der Waals surface area contributed by atoms with E-state index in [-0.39, 0.29) is 11.9 Å². The van der Waals surface area contributed by atoms with Crippen molar-refractivity contribution in [1.29, 1.82) is 0 Å². The van der Waals surface area contributed by atoms with Gasteiger partial charge in [-0.25, -0.2) is 4.68 Å². The van der Waals surface area contributed by atoms with Gasteiger partial charge in [0.2, 0.25) is 5.91 Å². The first-order valence-corrected chi connectivity index (χ1v) is 9.98. The number of hydrogen-bond donors (Lipinski definition) is 0. The molecule has 5 nitrogen and oxygen atoms in total. The Morgan fingerprint density at radius 2 is 2.04 bits per heavy atom. The van der Waals surface area contributed by atoms with Gasteiger partial charge in [0.05, 0.1) is 12.2 Å². The summed E-state index contributed by atoms with van der Waals surface area (Å²) in [5, 5.41) is 9.35. The van der Waals surface area contributed by atoms with Gasteiger partial charge in [-0.3, -0.25) is 4.79 Å². The molecule has 0 saturated carbocycles. The Morgan fingerprint density at radius 3 is 2.82 bits per heavy atom. The maximum Gasteiger partial charge on any atom is 0.222 e. The van der Waals surface area contributed by atoms with E-state index >= 15 is 0 Å². The summed E-state index contributed by atoms with van der Waals surface area (Å²) in [6.07, 6.45) is 4.13. The molecule has 1 amide bonds. The summed E-state index contributed by atoms with van der Waals surface area (Å²) in [5.41, 5.74) is 4.12. The van der Waals surface area contributed by atoms with Gasteiger partial charge in [-0.2, -0.15) is 0 Å². The highest BCUT2D eigenvalue weighted by Crippen LogP contribution is 2.24. The number of benzene rings is 2. The first-order chi connectivity index (χ1) is 13.6. The zero-order chi connectivity index (χ0) is 19.5. The lowest BCUT2D eigenvalue weighted by atomic mass is 10.1. The van der Waals surface area contributed by atoms with Crippen LogP contribution in [0.1, 0.15) is 30.0 Å². The lowest BCUT2D eigenvalue weighted by molar-refractivity contribution is -0.130. The summed E-state index contributed by atoms with van der Waals surface area (Å²) in [5.74, 6) is 0.193. The summed E-state index contributed by atoms with van der Waals surface area (Å²) in [6, 6.07) is 16.2. The third kappa shape index (κ3) is 4.09. The predicted octanol–water partition coefficient (Wildman–Crippen LogP) is 4.31. The number of carbonyl (C=O) groups is 1. The molecule has 1 aliphatic heterocycles. The largest absolute Gasteiger partial charge is 0.340 e. The van der Waals surface area contributed by atoms with E-state index < -0.39 is 0 Å². The minimum atomic E-state index is 0.187. The van der Waals surface area contributed by atoms with Gasteiger partial charge in [0.25, 0.3) is 0 Å². The number of likely N-dealkylation sites (tertiary alicyclic amines) is 1. The fraction of sp³-hybridized carbons (Fsp3) is 0.318. The summed E-state index contributed by atoms with van der Waals surface area (Å²) in [6.45, 7) is 3.44. The Kier molecular flexibility index (Phi) is 5.44. The van der Waals surface area contributed by atoms with Crippen molar-refractivity contribution in [2.75, 3.05) is 13.1 Å². The van der Waals surface area contributed by atoms with Crippen molar-refractivity contribution < 1.29 is 4.79 Å². The molecule has 6 heteroatoms. The van der Waals surface area contributed by atoms with Crippen LogP contribution in [-0.2, 0) is 11.2 Å². The molecule has 1 saturated heterocycles. The van der Waals surface area contributed by atoms with Crippen molar-refractivity contribution in [1.82, 2.24) is 19.9 Å². The van der Waals surface area contributed by atoms with Gasteiger partial charge in [0.1, 0.15) is 5.69 Å². The monoisotopic (exact) mass is 394 g/mol. The number of carbonyl (C=O) groups excluding carboxylic acids is 1. The molecule has 4 rings (SSSR count). The van der Waals surface area contributed by atoms with Gasteiger partial charge >= 0.3 is 0 Å². The van der Waals surface area contributed by atoms with Crippen LogP contribution in [0.4, 0.5) is 0 Å². The summed E-state index contributed by atoms with van der Waals surface area (Å²) < 4.78 is 1.90. The molecule has 1 atom stereocenters. The SMILES string of the molecule is Cc1cc(CCC(=O)N2CCC(n3cc(-c4ccccc4)nn3)C2)ccc1Cl. The van der Waals surface area contributed by atoms with Crippen molar-refractivity contribution >= 4 is 17.5 Å². The molecule has 0 aliphatic carbocycles. The van der Waals surface area contributed by atoms with Crippen LogP contribution in [0, 0.1) is 6.92 Å². The van der Waals surface area contributed by atoms with Crippen LogP contribution in [-0.4, -0.2) is 38.9 Å². The number of nitrogens with zero attached hydrogens (tertiary/aromatic N) is 4. The Labute approximate surface area is 169 Å². The highest BCUT2D eigenvalue weighted by molar-refractivity contribution is 6.31. The average Bonchev–Trinajstić information content (AvgIpc) is 3.39. The van der Waals surface area contributed by atoms with Gasteiger partial charge < -0.3 is 4.90 Å². The molecule has 1 aliphatic rings. The molecule has 3 aromatic rings. The molecule has 0 N–H and O–H groups in total. The molecule has 0 bridgehead atoms. The molecule has 144 valence electrons. The second-order valence-corrected chi connectivity index (χ2v) is 7.72. The molecule has 0 spiro atoms. The van der Waals surface area contributed by atoms with E-state index in [2.05, 4.69) is 16.4 Å². The minimum absolute atomic E-state index is 0.187. The van der Waals surface area contributed by atoms with E-state index in [0.29, 0.717) is 13.0 Å². The van der Waals surface area contributed by atoms with Crippen LogP contribution in [0.25, 0.3) is 11.3 Å². The lowest BCUT2D eigenvalue weighted by Crippen LogP contribution is -2.29. The van der Waals surface area contributed by atoms with E-state index in [1.54, 1.807) is 0 Å². The molecule has 28 heavy (non-hydrogen) atoms. The van der Waals surface area contributed by atoms with E-state index in [1.165, 1.54) is 0 Å². The average molecular weight is 395 g/mol. The first kappa shape index (κ1) is 18.7. The van der Waals surface area contributed by atoms with Crippen molar-refractivity contribution in [2.24, 2.45) is 0 Å². The molecule has 1 unspecified atom stereocenters. The Hall–Kier alpha value is -2.66. The molecule has 2 aromatic carbocycles. The zero-order valence-electron chi connectivity index (χ0n) is 15.9.